The molecular weight excluding hydrogens is 526 g/mol. The molecule has 0 amide bonds. The van der Waals surface area contributed by atoms with Gasteiger partial charge in [0.2, 0.25) is 11.6 Å². The van der Waals surface area contributed by atoms with Crippen molar-refractivity contribution in [2.24, 2.45) is 0 Å². The Bertz CT molecular complexity index is 1830. The first-order valence-electron chi connectivity index (χ1n) is 13.0. The lowest BCUT2D eigenvalue weighted by atomic mass is 10.1. The van der Waals surface area contributed by atoms with E-state index < -0.39 is 0 Å². The van der Waals surface area contributed by atoms with Gasteiger partial charge in [0.25, 0.3) is 0 Å². The molecule has 0 fully saturated rings. The van der Waals surface area contributed by atoms with E-state index >= 15 is 0 Å². The molecule has 0 bridgehead atoms. The molecule has 11 heteroatoms. The summed E-state index contributed by atoms with van der Waals surface area (Å²) < 4.78 is 0. The zero-order valence-electron chi connectivity index (χ0n) is 21.9. The lowest BCUT2D eigenvalue weighted by Crippen LogP contribution is -2.04. The number of nitrogens with zero attached hydrogens (tertiary/aromatic N) is 11. The van der Waals surface area contributed by atoms with Crippen molar-refractivity contribution >= 4 is 0 Å². The fourth-order valence-corrected chi connectivity index (χ4v) is 4.27. The van der Waals surface area contributed by atoms with Crippen LogP contribution >= 0.6 is 0 Å². The lowest BCUT2D eigenvalue weighted by molar-refractivity contribution is 0.959. The summed E-state index contributed by atoms with van der Waals surface area (Å²) in [5, 5.41) is 17.8. The van der Waals surface area contributed by atoms with E-state index in [0.717, 1.165) is 0 Å². The van der Waals surface area contributed by atoms with Crippen LogP contribution in [0, 0.1) is 0 Å². The van der Waals surface area contributed by atoms with Gasteiger partial charge in [0.15, 0.2) is 0 Å². The fraction of sp³-hybridized carbons (Fsp3) is 0. The maximum atomic E-state index is 4.83. The van der Waals surface area contributed by atoms with Gasteiger partial charge in [0.05, 0.1) is 22.8 Å². The number of hydrogen-bond donors (Lipinski definition) is 0. The highest BCUT2D eigenvalue weighted by atomic mass is 15.2. The average molecular weight is 546 g/mol. The monoisotopic (exact) mass is 545 g/mol. The van der Waals surface area contributed by atoms with Crippen LogP contribution in [0.4, 0.5) is 0 Å². The van der Waals surface area contributed by atoms with Crippen LogP contribution in [0.2, 0.25) is 0 Å². The molecule has 7 rings (SSSR count). The molecule has 0 N–H and O–H groups in total. The summed E-state index contributed by atoms with van der Waals surface area (Å²) in [7, 11) is 0. The van der Waals surface area contributed by atoms with Crippen molar-refractivity contribution in [3.8, 4) is 68.6 Å². The molecule has 0 aliphatic rings. The van der Waals surface area contributed by atoms with Crippen LogP contribution in [-0.2, 0) is 0 Å². The predicted molar refractivity (Wildman–Crippen MR) is 155 cm³/mol. The van der Waals surface area contributed by atoms with Crippen molar-refractivity contribution in [3.05, 3.63) is 116 Å². The third-order valence-corrected chi connectivity index (χ3v) is 6.21. The van der Waals surface area contributed by atoms with E-state index in [9.17, 15) is 0 Å². The van der Waals surface area contributed by atoms with Crippen molar-refractivity contribution in [2.75, 3.05) is 0 Å². The van der Waals surface area contributed by atoms with E-state index in [0.29, 0.717) is 68.6 Å². The van der Waals surface area contributed by atoms with Gasteiger partial charge in [-0.1, -0.05) is 30.3 Å². The predicted octanol–water partition coefficient (Wildman–Crippen LogP) is 5.03. The Labute approximate surface area is 239 Å². The van der Waals surface area contributed by atoms with Gasteiger partial charge >= 0.3 is 0 Å². The van der Waals surface area contributed by atoms with Gasteiger partial charge < -0.3 is 0 Å². The molecule has 0 unspecified atom stereocenters. The molecule has 0 saturated heterocycles. The van der Waals surface area contributed by atoms with E-state index in [2.05, 4.69) is 40.3 Å². The highest BCUT2D eigenvalue weighted by Gasteiger charge is 2.19. The Morgan fingerprint density at radius 1 is 0.286 bits per heavy atom. The fourth-order valence-electron chi connectivity index (χ4n) is 4.27. The van der Waals surface area contributed by atoms with Crippen LogP contribution < -0.4 is 0 Å². The van der Waals surface area contributed by atoms with Gasteiger partial charge in [-0.15, -0.1) is 20.4 Å². The van der Waals surface area contributed by atoms with E-state index in [1.54, 1.807) is 36.9 Å². The molecular formula is C31H19N11. The maximum Gasteiger partial charge on any atom is 0.201 e. The number of hydrogen-bond acceptors (Lipinski definition) is 11. The quantitative estimate of drug-likeness (QED) is 0.277. The molecule has 0 aromatic carbocycles. The van der Waals surface area contributed by atoms with E-state index in [1.807, 2.05) is 78.9 Å². The minimum absolute atomic E-state index is 0.320. The molecule has 0 atom stereocenters. The first kappa shape index (κ1) is 24.8. The first-order valence-corrected chi connectivity index (χ1v) is 13.0. The zero-order chi connectivity index (χ0) is 28.1. The molecule has 7 aromatic rings. The van der Waals surface area contributed by atoms with Crippen LogP contribution in [0.25, 0.3) is 68.6 Å². The third kappa shape index (κ3) is 4.93. The van der Waals surface area contributed by atoms with E-state index in [-0.39, 0.29) is 0 Å². The van der Waals surface area contributed by atoms with Crippen molar-refractivity contribution < 1.29 is 0 Å². The average Bonchev–Trinajstić information content (AvgIpc) is 3.09. The number of rotatable bonds is 6. The molecule has 7 aromatic heterocycles. The summed E-state index contributed by atoms with van der Waals surface area (Å²) in [4.78, 5) is 32.3. The van der Waals surface area contributed by atoms with E-state index in [1.165, 1.54) is 0 Å². The van der Waals surface area contributed by atoms with Gasteiger partial charge in [-0.05, 0) is 60.7 Å². The van der Waals surface area contributed by atoms with Gasteiger partial charge in [0, 0.05) is 24.8 Å². The minimum atomic E-state index is 0.320. The standard InChI is InChI=1S/C31H19N11/c1-5-16-32-20(10-1)26-28(22-12-3-7-18-34-22)39-41-30(37-26)24-14-9-15-25(36-24)31-38-27(21-11-2-6-17-33-21)29(40-42-31)23-13-4-8-19-35-23/h1-19H. The Kier molecular flexibility index (Phi) is 6.55. The molecule has 11 nitrogen and oxygen atoms in total. The van der Waals surface area contributed by atoms with Crippen LogP contribution in [0.5, 0.6) is 0 Å². The summed E-state index contributed by atoms with van der Waals surface area (Å²) in [6.07, 6.45) is 6.81. The zero-order valence-corrected chi connectivity index (χ0v) is 21.9. The second kappa shape index (κ2) is 11.1. The molecule has 0 radical (unpaired) electrons. The van der Waals surface area contributed by atoms with E-state index in [4.69, 9.17) is 15.0 Å². The molecule has 0 saturated carbocycles. The first-order chi connectivity index (χ1) is 20.8. The second-order valence-electron chi connectivity index (χ2n) is 8.93. The van der Waals surface area contributed by atoms with Gasteiger partial charge in [-0.2, -0.15) is 0 Å². The normalized spacial score (nSPS) is 10.9. The third-order valence-electron chi connectivity index (χ3n) is 6.21. The SMILES string of the molecule is c1ccc(-c2nnc(-c3cccc(-c4nnc(-c5ccccn5)c(-c5ccccn5)n4)n3)nc2-c2ccccn2)nc1. The van der Waals surface area contributed by atoms with Crippen molar-refractivity contribution in [1.29, 1.82) is 0 Å². The summed E-state index contributed by atoms with van der Waals surface area (Å²) in [6.45, 7) is 0. The maximum absolute atomic E-state index is 4.83. The van der Waals surface area contributed by atoms with Gasteiger partial charge in [-0.3, -0.25) is 19.9 Å². The van der Waals surface area contributed by atoms with Crippen molar-refractivity contribution in [3.63, 3.8) is 0 Å². The smallest absolute Gasteiger partial charge is 0.201 e. The lowest BCUT2D eigenvalue weighted by Gasteiger charge is -2.10. The topological polar surface area (TPSA) is 142 Å². The molecule has 0 aliphatic heterocycles. The molecule has 7 heterocycles. The highest BCUT2D eigenvalue weighted by molar-refractivity contribution is 5.76. The van der Waals surface area contributed by atoms with Crippen molar-refractivity contribution in [1.82, 2.24) is 55.3 Å². The molecule has 42 heavy (non-hydrogen) atoms. The Morgan fingerprint density at radius 3 is 1.00 bits per heavy atom. The van der Waals surface area contributed by atoms with Gasteiger partial charge in [-0.25, -0.2) is 15.0 Å². The molecule has 0 aliphatic carbocycles. The number of aromatic nitrogens is 11. The van der Waals surface area contributed by atoms with Crippen molar-refractivity contribution in [2.45, 2.75) is 0 Å². The summed E-state index contributed by atoms with van der Waals surface area (Å²) in [5.41, 5.74) is 5.66. The Balaban J connectivity index is 1.33. The van der Waals surface area contributed by atoms with Crippen LogP contribution in [0.15, 0.2) is 116 Å². The summed E-state index contributed by atoms with van der Waals surface area (Å²) in [5.74, 6) is 0.639. The molecule has 198 valence electrons. The summed E-state index contributed by atoms with van der Waals surface area (Å²) in [6, 6.07) is 27.8. The number of pyridine rings is 5. The summed E-state index contributed by atoms with van der Waals surface area (Å²) >= 11 is 0. The largest absolute Gasteiger partial charge is 0.255 e. The second-order valence-corrected chi connectivity index (χ2v) is 8.93. The Morgan fingerprint density at radius 2 is 0.643 bits per heavy atom. The minimum Gasteiger partial charge on any atom is -0.255 e. The van der Waals surface area contributed by atoms with Gasteiger partial charge in [0.1, 0.15) is 34.2 Å². The molecule has 0 spiro atoms. The highest BCUT2D eigenvalue weighted by Crippen LogP contribution is 2.29. The van der Waals surface area contributed by atoms with Crippen LogP contribution in [0.1, 0.15) is 0 Å². The Hall–Kier alpha value is -6.23. The van der Waals surface area contributed by atoms with Crippen LogP contribution in [-0.4, -0.2) is 55.3 Å². The van der Waals surface area contributed by atoms with Crippen LogP contribution in [0.3, 0.4) is 0 Å².